The van der Waals surface area contributed by atoms with Gasteiger partial charge in [0.2, 0.25) is 0 Å². The Hall–Kier alpha value is -0.870. The summed E-state index contributed by atoms with van der Waals surface area (Å²) in [6, 6.07) is 2.01. The zero-order chi connectivity index (χ0) is 12.4. The average molecular weight is 253 g/mol. The molecule has 0 aromatic carbocycles. The molecule has 0 bridgehead atoms. The van der Waals surface area contributed by atoms with Crippen molar-refractivity contribution >= 4 is 17.2 Å². The van der Waals surface area contributed by atoms with Gasteiger partial charge in [0.25, 0.3) is 5.91 Å². The van der Waals surface area contributed by atoms with Crippen LogP contribution in [-0.2, 0) is 6.42 Å². The predicted molar refractivity (Wildman–Crippen MR) is 69.4 cm³/mol. The Morgan fingerprint density at radius 2 is 2.41 bits per heavy atom. The van der Waals surface area contributed by atoms with E-state index in [1.807, 2.05) is 16.3 Å². The van der Waals surface area contributed by atoms with Gasteiger partial charge in [0, 0.05) is 6.54 Å². The van der Waals surface area contributed by atoms with Crippen LogP contribution in [0.25, 0.3) is 0 Å². The molecule has 1 aliphatic heterocycles. The molecule has 3 nitrogen and oxygen atoms in total. The van der Waals surface area contributed by atoms with Gasteiger partial charge in [0.15, 0.2) is 0 Å². The Labute approximate surface area is 106 Å². The number of hydrogen-bond acceptors (Lipinski definition) is 3. The minimum Gasteiger partial charge on any atom is -0.394 e. The third kappa shape index (κ3) is 2.24. The molecule has 1 saturated heterocycles. The normalized spacial score (nSPS) is 24.3. The van der Waals surface area contributed by atoms with Gasteiger partial charge in [-0.05, 0) is 35.8 Å². The van der Waals surface area contributed by atoms with E-state index < -0.39 is 0 Å². The van der Waals surface area contributed by atoms with Crippen molar-refractivity contribution in [2.75, 3.05) is 13.2 Å². The lowest BCUT2D eigenvalue weighted by Crippen LogP contribution is -2.39. The van der Waals surface area contributed by atoms with Gasteiger partial charge < -0.3 is 10.0 Å². The van der Waals surface area contributed by atoms with Gasteiger partial charge in [-0.3, -0.25) is 4.79 Å². The third-order valence-electron chi connectivity index (χ3n) is 3.65. The molecule has 1 N–H and O–H groups in total. The second kappa shape index (κ2) is 5.19. The van der Waals surface area contributed by atoms with Gasteiger partial charge in [-0.15, -0.1) is 11.3 Å². The summed E-state index contributed by atoms with van der Waals surface area (Å²) in [7, 11) is 0. The first-order valence-corrected chi connectivity index (χ1v) is 7.05. The fourth-order valence-electron chi connectivity index (χ4n) is 2.47. The van der Waals surface area contributed by atoms with Crippen molar-refractivity contribution in [1.29, 1.82) is 0 Å². The maximum absolute atomic E-state index is 12.4. The Morgan fingerprint density at radius 3 is 3.06 bits per heavy atom. The number of rotatable bonds is 3. The molecular weight excluding hydrogens is 234 g/mol. The number of nitrogens with zero attached hydrogens (tertiary/aromatic N) is 1. The van der Waals surface area contributed by atoms with Crippen molar-refractivity contribution < 1.29 is 9.90 Å². The summed E-state index contributed by atoms with van der Waals surface area (Å²) in [5, 5.41) is 11.4. The number of likely N-dealkylation sites (tertiary alicyclic amines) is 1. The van der Waals surface area contributed by atoms with Crippen LogP contribution in [0.2, 0.25) is 0 Å². The van der Waals surface area contributed by atoms with Crippen molar-refractivity contribution in [1.82, 2.24) is 4.90 Å². The number of aliphatic hydroxyl groups excluding tert-OH is 1. The Morgan fingerprint density at radius 1 is 1.65 bits per heavy atom. The number of carbonyl (C=O) groups is 1. The molecule has 2 heterocycles. The highest BCUT2D eigenvalue weighted by atomic mass is 32.1. The van der Waals surface area contributed by atoms with E-state index in [1.165, 1.54) is 11.3 Å². The molecule has 1 aromatic rings. The maximum Gasteiger partial charge on any atom is 0.264 e. The number of carbonyl (C=O) groups excluding carboxylic acids is 1. The van der Waals surface area contributed by atoms with Crippen LogP contribution < -0.4 is 0 Å². The molecule has 0 radical (unpaired) electrons. The molecule has 1 aromatic heterocycles. The summed E-state index contributed by atoms with van der Waals surface area (Å²) in [4.78, 5) is 15.1. The van der Waals surface area contributed by atoms with Crippen molar-refractivity contribution in [3.05, 3.63) is 21.9 Å². The van der Waals surface area contributed by atoms with E-state index >= 15 is 0 Å². The van der Waals surface area contributed by atoms with Gasteiger partial charge in [0.05, 0.1) is 17.5 Å². The summed E-state index contributed by atoms with van der Waals surface area (Å²) in [5.41, 5.74) is 1.12. The lowest BCUT2D eigenvalue weighted by Gasteiger charge is -2.25. The van der Waals surface area contributed by atoms with Crippen molar-refractivity contribution in [2.45, 2.75) is 32.7 Å². The zero-order valence-electron chi connectivity index (χ0n) is 10.3. The van der Waals surface area contributed by atoms with Crippen molar-refractivity contribution in [3.63, 3.8) is 0 Å². The Balaban J connectivity index is 2.20. The summed E-state index contributed by atoms with van der Waals surface area (Å²) < 4.78 is 0. The van der Waals surface area contributed by atoms with Crippen LogP contribution >= 0.6 is 11.3 Å². The number of aryl methyl sites for hydroxylation is 1. The van der Waals surface area contributed by atoms with Crippen LogP contribution in [0.3, 0.4) is 0 Å². The Bertz CT molecular complexity index is 402. The molecule has 4 heteroatoms. The maximum atomic E-state index is 12.4. The zero-order valence-corrected chi connectivity index (χ0v) is 11.2. The molecule has 1 amide bonds. The van der Waals surface area contributed by atoms with Gasteiger partial charge in [-0.2, -0.15) is 0 Å². The standard InChI is InChI=1S/C13H19NO2S/c1-3-10-5-7-17-12(10)13(16)14-6-4-9(2)11(14)8-15/h5,7,9,11,15H,3-4,6,8H2,1-2H3. The Kier molecular flexibility index (Phi) is 3.84. The van der Waals surface area contributed by atoms with E-state index in [9.17, 15) is 9.90 Å². The predicted octanol–water partition coefficient (Wildman–Crippen LogP) is 2.15. The summed E-state index contributed by atoms with van der Waals surface area (Å²) >= 11 is 1.51. The van der Waals surface area contributed by atoms with E-state index in [-0.39, 0.29) is 18.6 Å². The smallest absolute Gasteiger partial charge is 0.264 e. The highest BCUT2D eigenvalue weighted by Crippen LogP contribution is 2.28. The molecular formula is C13H19NO2S. The van der Waals surface area contributed by atoms with Gasteiger partial charge in [0.1, 0.15) is 0 Å². The van der Waals surface area contributed by atoms with E-state index in [1.54, 1.807) is 0 Å². The molecule has 2 atom stereocenters. The summed E-state index contributed by atoms with van der Waals surface area (Å²) in [6.07, 6.45) is 1.88. The SMILES string of the molecule is CCc1ccsc1C(=O)N1CCC(C)C1CO. The van der Waals surface area contributed by atoms with Crippen LogP contribution in [0, 0.1) is 5.92 Å². The van der Waals surface area contributed by atoms with E-state index in [2.05, 4.69) is 13.8 Å². The molecule has 94 valence electrons. The first-order chi connectivity index (χ1) is 8.19. The van der Waals surface area contributed by atoms with Crippen LogP contribution in [0.5, 0.6) is 0 Å². The first-order valence-electron chi connectivity index (χ1n) is 6.17. The number of amides is 1. The second-order valence-electron chi connectivity index (χ2n) is 4.64. The molecule has 0 aliphatic carbocycles. The monoisotopic (exact) mass is 253 g/mol. The fourth-order valence-corrected chi connectivity index (χ4v) is 3.42. The van der Waals surface area contributed by atoms with Crippen LogP contribution in [0.4, 0.5) is 0 Å². The molecule has 2 rings (SSSR count). The third-order valence-corrected chi connectivity index (χ3v) is 4.60. The largest absolute Gasteiger partial charge is 0.394 e. The molecule has 1 aliphatic rings. The van der Waals surface area contributed by atoms with Crippen molar-refractivity contribution in [3.8, 4) is 0 Å². The van der Waals surface area contributed by atoms with Crippen LogP contribution in [-0.4, -0.2) is 35.1 Å². The molecule has 0 saturated carbocycles. The second-order valence-corrected chi connectivity index (χ2v) is 5.56. The van der Waals surface area contributed by atoms with Gasteiger partial charge >= 0.3 is 0 Å². The number of thiophene rings is 1. The quantitative estimate of drug-likeness (QED) is 0.896. The molecule has 17 heavy (non-hydrogen) atoms. The van der Waals surface area contributed by atoms with Crippen LogP contribution in [0.15, 0.2) is 11.4 Å². The highest BCUT2D eigenvalue weighted by Gasteiger charge is 2.35. The molecule has 1 fully saturated rings. The summed E-state index contributed by atoms with van der Waals surface area (Å²) in [6.45, 7) is 5.00. The van der Waals surface area contributed by atoms with Gasteiger partial charge in [-0.1, -0.05) is 13.8 Å². The summed E-state index contributed by atoms with van der Waals surface area (Å²) in [5.74, 6) is 0.495. The lowest BCUT2D eigenvalue weighted by molar-refractivity contribution is 0.0652. The fraction of sp³-hybridized carbons (Fsp3) is 0.615. The number of hydrogen-bond donors (Lipinski definition) is 1. The average Bonchev–Trinajstić information content (AvgIpc) is 2.93. The lowest BCUT2D eigenvalue weighted by atomic mass is 10.0. The van der Waals surface area contributed by atoms with Crippen LogP contribution in [0.1, 0.15) is 35.5 Å². The van der Waals surface area contributed by atoms with E-state index in [0.717, 1.165) is 29.8 Å². The number of aliphatic hydroxyl groups is 1. The van der Waals surface area contributed by atoms with Gasteiger partial charge in [-0.25, -0.2) is 0 Å². The van der Waals surface area contributed by atoms with Crippen molar-refractivity contribution in [2.24, 2.45) is 5.92 Å². The minimum absolute atomic E-state index is 0.00527. The molecule has 2 unspecified atom stereocenters. The minimum atomic E-state index is -0.00527. The first kappa shape index (κ1) is 12.6. The molecule has 0 spiro atoms. The van der Waals surface area contributed by atoms with E-state index in [4.69, 9.17) is 0 Å². The highest BCUT2D eigenvalue weighted by molar-refractivity contribution is 7.12. The topological polar surface area (TPSA) is 40.5 Å². The van der Waals surface area contributed by atoms with E-state index in [0.29, 0.717) is 5.92 Å².